The van der Waals surface area contributed by atoms with Gasteiger partial charge in [0, 0.05) is 28.6 Å². The van der Waals surface area contributed by atoms with E-state index in [-0.39, 0.29) is 23.8 Å². The van der Waals surface area contributed by atoms with Crippen molar-refractivity contribution in [3.8, 4) is 0 Å². The van der Waals surface area contributed by atoms with Crippen LogP contribution < -0.4 is 10.6 Å². The molecule has 0 radical (unpaired) electrons. The Morgan fingerprint density at radius 3 is 2.30 bits per heavy atom. The maximum absolute atomic E-state index is 12.2. The number of carbonyl (C=O) groups is 2. The molecule has 0 saturated heterocycles. The molecule has 3 rings (SSSR count). The van der Waals surface area contributed by atoms with Crippen LogP contribution in [0, 0.1) is 11.8 Å². The number of thiophene rings is 2. The van der Waals surface area contributed by atoms with E-state index in [1.54, 1.807) is 22.7 Å². The molecule has 2 aromatic rings. The summed E-state index contributed by atoms with van der Waals surface area (Å²) in [6.45, 7) is 2.47. The molecule has 6 heteroatoms. The van der Waals surface area contributed by atoms with Crippen LogP contribution in [0.5, 0.6) is 0 Å². The predicted octanol–water partition coefficient (Wildman–Crippen LogP) is 3.18. The van der Waals surface area contributed by atoms with Gasteiger partial charge < -0.3 is 10.6 Å². The standard InChI is InChI=1S/C17H20N2O2S2/c1-11-10-12(11)17(21)18-7-6-15(20)19-16(13-4-2-8-22-13)14-5-3-9-23-14/h2-5,8-9,11-12,16H,6-7,10H2,1H3,(H,18,21)(H,19,20). The lowest BCUT2D eigenvalue weighted by Crippen LogP contribution is -2.33. The van der Waals surface area contributed by atoms with Gasteiger partial charge in [-0.05, 0) is 35.2 Å². The Morgan fingerprint density at radius 1 is 1.22 bits per heavy atom. The molecular weight excluding hydrogens is 328 g/mol. The second-order valence-electron chi connectivity index (χ2n) is 5.89. The second-order valence-corrected chi connectivity index (χ2v) is 7.85. The summed E-state index contributed by atoms with van der Waals surface area (Å²) in [5.74, 6) is 0.688. The topological polar surface area (TPSA) is 58.2 Å². The molecule has 2 N–H and O–H groups in total. The minimum atomic E-state index is -0.0957. The highest BCUT2D eigenvalue weighted by Crippen LogP contribution is 2.37. The van der Waals surface area contributed by atoms with Gasteiger partial charge in [-0.1, -0.05) is 19.1 Å². The molecule has 122 valence electrons. The molecule has 2 amide bonds. The minimum absolute atomic E-state index is 0.0408. The summed E-state index contributed by atoms with van der Waals surface area (Å²) in [6, 6.07) is 7.95. The number of carbonyl (C=O) groups excluding carboxylic acids is 2. The average molecular weight is 348 g/mol. The fourth-order valence-electron chi connectivity index (χ4n) is 2.54. The number of hydrogen-bond acceptors (Lipinski definition) is 4. The van der Waals surface area contributed by atoms with E-state index in [1.807, 2.05) is 35.0 Å². The lowest BCUT2D eigenvalue weighted by Gasteiger charge is -2.16. The van der Waals surface area contributed by atoms with Crippen LogP contribution in [0.25, 0.3) is 0 Å². The highest BCUT2D eigenvalue weighted by Gasteiger charge is 2.38. The molecule has 0 bridgehead atoms. The van der Waals surface area contributed by atoms with Crippen molar-refractivity contribution in [2.75, 3.05) is 6.54 Å². The van der Waals surface area contributed by atoms with Crippen molar-refractivity contribution >= 4 is 34.5 Å². The predicted molar refractivity (Wildman–Crippen MR) is 93.5 cm³/mol. The molecule has 2 heterocycles. The van der Waals surface area contributed by atoms with Crippen LogP contribution in [-0.4, -0.2) is 18.4 Å². The van der Waals surface area contributed by atoms with Crippen molar-refractivity contribution < 1.29 is 9.59 Å². The first-order valence-corrected chi connectivity index (χ1v) is 9.55. The summed E-state index contributed by atoms with van der Waals surface area (Å²) in [6.07, 6.45) is 1.27. The van der Waals surface area contributed by atoms with Crippen LogP contribution in [0.1, 0.15) is 35.6 Å². The third kappa shape index (κ3) is 4.20. The van der Waals surface area contributed by atoms with Crippen LogP contribution >= 0.6 is 22.7 Å². The molecule has 1 aliphatic carbocycles. The Morgan fingerprint density at radius 2 is 1.83 bits per heavy atom. The first-order valence-electron chi connectivity index (χ1n) is 7.79. The normalized spacial score (nSPS) is 19.6. The molecule has 2 unspecified atom stereocenters. The fourth-order valence-corrected chi connectivity index (χ4v) is 4.21. The van der Waals surface area contributed by atoms with Crippen LogP contribution in [-0.2, 0) is 9.59 Å². The molecule has 0 aromatic carbocycles. The largest absolute Gasteiger partial charge is 0.355 e. The van der Waals surface area contributed by atoms with Crippen molar-refractivity contribution in [3.63, 3.8) is 0 Å². The maximum atomic E-state index is 12.2. The van der Waals surface area contributed by atoms with E-state index in [4.69, 9.17) is 0 Å². The van der Waals surface area contributed by atoms with Crippen molar-refractivity contribution in [2.45, 2.75) is 25.8 Å². The quantitative estimate of drug-likeness (QED) is 0.807. The average Bonchev–Trinajstić information content (AvgIpc) is 3.01. The third-order valence-corrected chi connectivity index (χ3v) is 5.93. The monoisotopic (exact) mass is 348 g/mol. The number of rotatable bonds is 7. The highest BCUT2D eigenvalue weighted by molar-refractivity contribution is 7.11. The zero-order valence-electron chi connectivity index (χ0n) is 13.0. The Labute approximate surface area is 143 Å². The van der Waals surface area contributed by atoms with E-state index in [0.29, 0.717) is 18.9 Å². The van der Waals surface area contributed by atoms with Gasteiger partial charge in [-0.15, -0.1) is 22.7 Å². The van der Waals surface area contributed by atoms with Gasteiger partial charge in [-0.3, -0.25) is 9.59 Å². The van der Waals surface area contributed by atoms with E-state index < -0.39 is 0 Å². The Bertz CT molecular complexity index is 618. The molecule has 23 heavy (non-hydrogen) atoms. The minimum Gasteiger partial charge on any atom is -0.355 e. The molecule has 2 atom stereocenters. The molecule has 2 aromatic heterocycles. The first kappa shape index (κ1) is 16.2. The summed E-state index contributed by atoms with van der Waals surface area (Å²) in [4.78, 5) is 26.2. The van der Waals surface area contributed by atoms with Gasteiger partial charge in [0.2, 0.25) is 11.8 Å². The van der Waals surface area contributed by atoms with Crippen molar-refractivity contribution in [2.24, 2.45) is 11.8 Å². The van der Waals surface area contributed by atoms with E-state index in [2.05, 4.69) is 17.6 Å². The zero-order valence-corrected chi connectivity index (χ0v) is 14.6. The van der Waals surface area contributed by atoms with Crippen LogP contribution in [0.15, 0.2) is 35.0 Å². The van der Waals surface area contributed by atoms with E-state index in [0.717, 1.165) is 16.2 Å². The molecule has 4 nitrogen and oxygen atoms in total. The van der Waals surface area contributed by atoms with Crippen molar-refractivity contribution in [1.82, 2.24) is 10.6 Å². The number of nitrogens with one attached hydrogen (secondary N) is 2. The second kappa shape index (κ2) is 7.27. The van der Waals surface area contributed by atoms with Crippen LogP contribution in [0.3, 0.4) is 0 Å². The van der Waals surface area contributed by atoms with Gasteiger partial charge in [0.15, 0.2) is 0 Å². The molecule has 1 fully saturated rings. The van der Waals surface area contributed by atoms with Gasteiger partial charge in [0.05, 0.1) is 6.04 Å². The number of hydrogen-bond donors (Lipinski definition) is 2. The summed E-state index contributed by atoms with van der Waals surface area (Å²) < 4.78 is 0. The Kier molecular flexibility index (Phi) is 5.13. The van der Waals surface area contributed by atoms with Gasteiger partial charge in [-0.2, -0.15) is 0 Å². The summed E-state index contributed by atoms with van der Waals surface area (Å²) >= 11 is 3.27. The van der Waals surface area contributed by atoms with Gasteiger partial charge in [0.25, 0.3) is 0 Å². The SMILES string of the molecule is CC1CC1C(=O)NCCC(=O)NC(c1cccs1)c1cccs1. The lowest BCUT2D eigenvalue weighted by molar-refractivity contribution is -0.123. The van der Waals surface area contributed by atoms with E-state index in [1.165, 1.54) is 0 Å². The van der Waals surface area contributed by atoms with Crippen molar-refractivity contribution in [3.05, 3.63) is 44.8 Å². The molecular formula is C17H20N2O2S2. The number of amides is 2. The Hall–Kier alpha value is -1.66. The molecule has 0 spiro atoms. The van der Waals surface area contributed by atoms with E-state index in [9.17, 15) is 9.59 Å². The zero-order chi connectivity index (χ0) is 16.2. The smallest absolute Gasteiger partial charge is 0.223 e. The third-order valence-electron chi connectivity index (χ3n) is 4.06. The molecule has 1 saturated carbocycles. The van der Waals surface area contributed by atoms with Gasteiger partial charge >= 0.3 is 0 Å². The van der Waals surface area contributed by atoms with E-state index >= 15 is 0 Å². The summed E-state index contributed by atoms with van der Waals surface area (Å²) in [5.41, 5.74) is 0. The summed E-state index contributed by atoms with van der Waals surface area (Å²) in [5, 5.41) is 9.96. The molecule has 1 aliphatic rings. The Balaban J connectivity index is 1.51. The van der Waals surface area contributed by atoms with Gasteiger partial charge in [-0.25, -0.2) is 0 Å². The van der Waals surface area contributed by atoms with Crippen LogP contribution in [0.2, 0.25) is 0 Å². The highest BCUT2D eigenvalue weighted by atomic mass is 32.1. The summed E-state index contributed by atoms with van der Waals surface area (Å²) in [7, 11) is 0. The van der Waals surface area contributed by atoms with Gasteiger partial charge in [0.1, 0.15) is 0 Å². The van der Waals surface area contributed by atoms with Crippen molar-refractivity contribution in [1.29, 1.82) is 0 Å². The van der Waals surface area contributed by atoms with Crippen LogP contribution in [0.4, 0.5) is 0 Å². The fraction of sp³-hybridized carbons (Fsp3) is 0.412. The first-order chi connectivity index (χ1) is 11.1. The molecule has 0 aliphatic heterocycles. The lowest BCUT2D eigenvalue weighted by atomic mass is 10.2. The maximum Gasteiger partial charge on any atom is 0.223 e.